The number of pyridine rings is 1. The average Bonchev–Trinajstić information content (AvgIpc) is 2.17. The molecule has 0 radical (unpaired) electrons. The Labute approximate surface area is 81.7 Å². The van der Waals surface area contributed by atoms with Gasteiger partial charge in [-0.25, -0.2) is 0 Å². The zero-order valence-corrected chi connectivity index (χ0v) is 8.21. The molecule has 0 saturated heterocycles. The smallest absolute Gasteiger partial charge is 0.314 e. The molecule has 0 spiro atoms. The number of aromatic nitrogens is 1. The molecule has 3 nitrogen and oxygen atoms in total. The Balaban J connectivity index is 2.83. The zero-order valence-electron chi connectivity index (χ0n) is 7.45. The molecule has 1 unspecified atom stereocenters. The van der Waals surface area contributed by atoms with Crippen LogP contribution < -0.4 is 0 Å². The van der Waals surface area contributed by atoms with Crippen molar-refractivity contribution < 1.29 is 9.53 Å². The normalized spacial score (nSPS) is 12.2. The third-order valence-corrected chi connectivity index (χ3v) is 1.97. The lowest BCUT2D eigenvalue weighted by atomic mass is 10.1. The van der Waals surface area contributed by atoms with Crippen LogP contribution in [0.25, 0.3) is 0 Å². The summed E-state index contributed by atoms with van der Waals surface area (Å²) in [6.07, 6.45) is 1.51. The molecule has 0 aliphatic carbocycles. The summed E-state index contributed by atoms with van der Waals surface area (Å²) in [5.41, 5.74) is 0.663. The van der Waals surface area contributed by atoms with E-state index in [0.29, 0.717) is 10.7 Å². The Morgan fingerprint density at radius 1 is 1.62 bits per heavy atom. The van der Waals surface area contributed by atoms with E-state index in [9.17, 15) is 4.79 Å². The first-order valence-electron chi connectivity index (χ1n) is 3.84. The molecule has 0 N–H and O–H groups in total. The van der Waals surface area contributed by atoms with Gasteiger partial charge in [-0.1, -0.05) is 11.6 Å². The molecule has 0 aliphatic heterocycles. The molecular formula is C9H10ClNO2. The minimum Gasteiger partial charge on any atom is -0.469 e. The van der Waals surface area contributed by atoms with E-state index in [1.165, 1.54) is 13.3 Å². The molecule has 0 fully saturated rings. The van der Waals surface area contributed by atoms with Crippen molar-refractivity contribution in [3.8, 4) is 0 Å². The highest BCUT2D eigenvalue weighted by Gasteiger charge is 2.16. The summed E-state index contributed by atoms with van der Waals surface area (Å²) in [5.74, 6) is -0.642. The van der Waals surface area contributed by atoms with Crippen molar-refractivity contribution in [3.63, 3.8) is 0 Å². The second kappa shape index (κ2) is 4.23. The summed E-state index contributed by atoms with van der Waals surface area (Å²) in [7, 11) is 1.36. The van der Waals surface area contributed by atoms with E-state index in [-0.39, 0.29) is 11.9 Å². The number of methoxy groups -OCH3 is 1. The van der Waals surface area contributed by atoms with Crippen LogP contribution in [-0.2, 0) is 9.53 Å². The van der Waals surface area contributed by atoms with E-state index >= 15 is 0 Å². The van der Waals surface area contributed by atoms with Gasteiger partial charge in [-0.05, 0) is 19.1 Å². The highest BCUT2D eigenvalue weighted by molar-refractivity contribution is 6.30. The van der Waals surface area contributed by atoms with Crippen LogP contribution in [0.5, 0.6) is 0 Å². The third kappa shape index (κ3) is 2.42. The van der Waals surface area contributed by atoms with Gasteiger partial charge in [-0.15, -0.1) is 0 Å². The number of rotatable bonds is 2. The first kappa shape index (κ1) is 9.99. The van der Waals surface area contributed by atoms with Crippen LogP contribution in [0.2, 0.25) is 5.02 Å². The fourth-order valence-electron chi connectivity index (χ4n) is 0.941. The van der Waals surface area contributed by atoms with Crippen molar-refractivity contribution in [3.05, 3.63) is 29.0 Å². The Morgan fingerprint density at radius 3 is 2.77 bits per heavy atom. The first-order chi connectivity index (χ1) is 6.15. The third-order valence-electron chi connectivity index (χ3n) is 1.75. The molecule has 1 heterocycles. The molecule has 1 aromatic heterocycles. The summed E-state index contributed by atoms with van der Waals surface area (Å²) >= 11 is 5.65. The lowest BCUT2D eigenvalue weighted by Crippen LogP contribution is -2.11. The quantitative estimate of drug-likeness (QED) is 0.684. The minimum absolute atomic E-state index is 0.296. The van der Waals surface area contributed by atoms with Gasteiger partial charge in [0.2, 0.25) is 0 Å². The summed E-state index contributed by atoms with van der Waals surface area (Å²) < 4.78 is 4.58. The predicted molar refractivity (Wildman–Crippen MR) is 49.7 cm³/mol. The largest absolute Gasteiger partial charge is 0.469 e. The van der Waals surface area contributed by atoms with Crippen LogP contribution in [0.4, 0.5) is 0 Å². The van der Waals surface area contributed by atoms with Crippen LogP contribution in [0.15, 0.2) is 18.3 Å². The Hall–Kier alpha value is -1.09. The number of hydrogen-bond donors (Lipinski definition) is 0. The van der Waals surface area contributed by atoms with Crippen molar-refractivity contribution >= 4 is 17.6 Å². The number of ether oxygens (including phenoxy) is 1. The van der Waals surface area contributed by atoms with Gasteiger partial charge in [-0.2, -0.15) is 0 Å². The number of hydrogen-bond acceptors (Lipinski definition) is 3. The van der Waals surface area contributed by atoms with E-state index in [1.807, 2.05) is 0 Å². The summed E-state index contributed by atoms with van der Waals surface area (Å²) in [4.78, 5) is 15.1. The number of esters is 1. The molecule has 1 atom stereocenters. The predicted octanol–water partition coefficient (Wildman–Crippen LogP) is 2.01. The maximum absolute atomic E-state index is 11.1. The molecule has 70 valence electrons. The molecule has 0 amide bonds. The van der Waals surface area contributed by atoms with Gasteiger partial charge in [0.15, 0.2) is 0 Å². The van der Waals surface area contributed by atoms with Crippen molar-refractivity contribution in [2.24, 2.45) is 0 Å². The Morgan fingerprint density at radius 2 is 2.31 bits per heavy atom. The molecule has 1 rings (SSSR count). The fraction of sp³-hybridized carbons (Fsp3) is 0.333. The molecule has 0 saturated carbocycles. The van der Waals surface area contributed by atoms with E-state index in [1.54, 1.807) is 19.1 Å². The standard InChI is InChI=1S/C9H10ClNO2/c1-6(9(12)13-2)8-4-3-7(10)5-11-8/h3-6H,1-2H3. The topological polar surface area (TPSA) is 39.2 Å². The van der Waals surface area contributed by atoms with Crippen molar-refractivity contribution in [1.82, 2.24) is 4.98 Å². The molecular weight excluding hydrogens is 190 g/mol. The Kier molecular flexibility index (Phi) is 3.25. The molecule has 0 aliphatic rings. The zero-order chi connectivity index (χ0) is 9.84. The van der Waals surface area contributed by atoms with E-state index in [4.69, 9.17) is 11.6 Å². The van der Waals surface area contributed by atoms with Gasteiger partial charge >= 0.3 is 5.97 Å². The van der Waals surface area contributed by atoms with Crippen LogP contribution in [0.3, 0.4) is 0 Å². The van der Waals surface area contributed by atoms with Crippen LogP contribution in [0.1, 0.15) is 18.5 Å². The van der Waals surface area contributed by atoms with Gasteiger partial charge < -0.3 is 4.74 Å². The maximum Gasteiger partial charge on any atom is 0.314 e. The second-order valence-electron chi connectivity index (χ2n) is 2.65. The summed E-state index contributed by atoms with van der Waals surface area (Å²) in [6, 6.07) is 3.41. The van der Waals surface area contributed by atoms with E-state index in [0.717, 1.165) is 0 Å². The lowest BCUT2D eigenvalue weighted by molar-refractivity contribution is -0.142. The van der Waals surface area contributed by atoms with E-state index in [2.05, 4.69) is 9.72 Å². The summed E-state index contributed by atoms with van der Waals surface area (Å²) in [6.45, 7) is 1.74. The average molecular weight is 200 g/mol. The molecule has 1 aromatic rings. The highest BCUT2D eigenvalue weighted by atomic mass is 35.5. The lowest BCUT2D eigenvalue weighted by Gasteiger charge is -2.07. The number of halogens is 1. The van der Waals surface area contributed by atoms with Gasteiger partial charge in [0.25, 0.3) is 0 Å². The Bertz CT molecular complexity index is 297. The van der Waals surface area contributed by atoms with Gasteiger partial charge in [0, 0.05) is 6.20 Å². The van der Waals surface area contributed by atoms with Crippen LogP contribution in [0, 0.1) is 0 Å². The van der Waals surface area contributed by atoms with Crippen LogP contribution in [-0.4, -0.2) is 18.1 Å². The molecule has 0 aromatic carbocycles. The number of carbonyl (C=O) groups is 1. The van der Waals surface area contributed by atoms with Crippen molar-refractivity contribution in [2.45, 2.75) is 12.8 Å². The van der Waals surface area contributed by atoms with Gasteiger partial charge in [0.1, 0.15) is 0 Å². The SMILES string of the molecule is COC(=O)C(C)c1ccc(Cl)cn1. The van der Waals surface area contributed by atoms with Crippen molar-refractivity contribution in [1.29, 1.82) is 0 Å². The van der Waals surface area contributed by atoms with Crippen LogP contribution >= 0.6 is 11.6 Å². The van der Waals surface area contributed by atoms with Crippen molar-refractivity contribution in [2.75, 3.05) is 7.11 Å². The molecule has 0 bridgehead atoms. The summed E-state index contributed by atoms with van der Waals surface area (Å²) in [5, 5.41) is 0.556. The van der Waals surface area contributed by atoms with E-state index < -0.39 is 0 Å². The van der Waals surface area contributed by atoms with Gasteiger partial charge in [-0.3, -0.25) is 9.78 Å². The first-order valence-corrected chi connectivity index (χ1v) is 4.22. The highest BCUT2D eigenvalue weighted by Crippen LogP contribution is 2.15. The molecule has 4 heteroatoms. The number of carbonyl (C=O) groups excluding carboxylic acids is 1. The number of nitrogens with zero attached hydrogens (tertiary/aromatic N) is 1. The minimum atomic E-state index is -0.345. The fourth-order valence-corrected chi connectivity index (χ4v) is 1.05. The molecule has 13 heavy (non-hydrogen) atoms. The second-order valence-corrected chi connectivity index (χ2v) is 3.08. The maximum atomic E-state index is 11.1. The monoisotopic (exact) mass is 199 g/mol. The van der Waals surface area contributed by atoms with Gasteiger partial charge in [0.05, 0.1) is 23.7 Å².